The molecule has 31 heavy (non-hydrogen) atoms. The van der Waals surface area contributed by atoms with Gasteiger partial charge in [-0.15, -0.1) is 5.10 Å². The molecule has 1 unspecified atom stereocenters. The predicted octanol–water partition coefficient (Wildman–Crippen LogP) is 3.34. The zero-order valence-electron chi connectivity index (χ0n) is 18.6. The zero-order valence-corrected chi connectivity index (χ0v) is 18.6. The van der Waals surface area contributed by atoms with Crippen LogP contribution in [0.4, 0.5) is 0 Å². The van der Waals surface area contributed by atoms with Crippen molar-refractivity contribution in [2.45, 2.75) is 32.7 Å². The van der Waals surface area contributed by atoms with E-state index in [0.717, 1.165) is 52.2 Å². The molecule has 0 aliphatic carbocycles. The van der Waals surface area contributed by atoms with Gasteiger partial charge in [0.25, 0.3) is 5.91 Å². The number of hydrogen-bond donors (Lipinski definition) is 0. The molecule has 0 radical (unpaired) electrons. The second-order valence-corrected chi connectivity index (χ2v) is 7.85. The monoisotopic (exact) mass is 424 g/mol. The Morgan fingerprint density at radius 2 is 2.00 bits per heavy atom. The van der Waals surface area contributed by atoms with E-state index in [4.69, 9.17) is 14.2 Å². The van der Waals surface area contributed by atoms with Gasteiger partial charge in [-0.3, -0.25) is 4.79 Å². The van der Waals surface area contributed by atoms with Crippen molar-refractivity contribution in [2.24, 2.45) is 7.05 Å². The molecule has 1 atom stereocenters. The summed E-state index contributed by atoms with van der Waals surface area (Å²) in [6, 6.07) is 7.66. The number of likely N-dealkylation sites (tertiary alicyclic amines) is 1. The molecule has 0 bridgehead atoms. The Balaban J connectivity index is 1.54. The molecule has 1 aliphatic rings. The maximum Gasteiger partial charge on any atom is 0.261 e. The summed E-state index contributed by atoms with van der Waals surface area (Å²) in [5, 5.41) is 5.28. The first kappa shape index (κ1) is 21.0. The smallest absolute Gasteiger partial charge is 0.261 e. The van der Waals surface area contributed by atoms with Crippen LogP contribution in [0.5, 0.6) is 17.4 Å². The molecule has 8 nitrogen and oxygen atoms in total. The number of aromatic nitrogens is 3. The van der Waals surface area contributed by atoms with E-state index in [1.807, 2.05) is 50.1 Å². The summed E-state index contributed by atoms with van der Waals surface area (Å²) < 4.78 is 18.4. The Bertz CT molecular complexity index is 1120. The average molecular weight is 425 g/mol. The van der Waals surface area contributed by atoms with Gasteiger partial charge in [-0.1, -0.05) is 0 Å². The highest BCUT2D eigenvalue weighted by atomic mass is 16.5. The van der Waals surface area contributed by atoms with Crippen LogP contribution in [0.1, 0.15) is 35.7 Å². The fraction of sp³-hybridized carbons (Fsp3) is 0.435. The summed E-state index contributed by atoms with van der Waals surface area (Å²) >= 11 is 0. The number of ether oxygens (including phenoxy) is 3. The lowest BCUT2D eigenvalue weighted by Gasteiger charge is -2.26. The van der Waals surface area contributed by atoms with Crippen LogP contribution in [0, 0.1) is 13.8 Å². The lowest BCUT2D eigenvalue weighted by Crippen LogP contribution is -2.34. The molecule has 1 aliphatic heterocycles. The van der Waals surface area contributed by atoms with Crippen molar-refractivity contribution < 1.29 is 19.0 Å². The number of fused-ring (bicyclic) bond motifs is 1. The van der Waals surface area contributed by atoms with Crippen LogP contribution in [0.25, 0.3) is 11.0 Å². The summed E-state index contributed by atoms with van der Waals surface area (Å²) in [6.45, 7) is 4.56. The molecule has 1 aromatic carbocycles. The van der Waals surface area contributed by atoms with Crippen LogP contribution in [0.2, 0.25) is 0 Å². The molecule has 0 spiro atoms. The van der Waals surface area contributed by atoms with Gasteiger partial charge in [-0.25, -0.2) is 9.67 Å². The first-order chi connectivity index (χ1) is 14.9. The molecule has 164 valence electrons. The predicted molar refractivity (Wildman–Crippen MR) is 117 cm³/mol. The molecule has 2 aromatic heterocycles. The Hall–Kier alpha value is -3.29. The Labute approximate surface area is 181 Å². The maximum absolute atomic E-state index is 13.1. The SMILES string of the molecule is COc1ccc(C2CCCN2C(=O)COc2nn(C)c3nc(C)cc(C)c23)c(OC)c1. The number of rotatable bonds is 6. The van der Waals surface area contributed by atoms with Crippen molar-refractivity contribution in [3.8, 4) is 17.4 Å². The lowest BCUT2D eigenvalue weighted by atomic mass is 10.0. The highest BCUT2D eigenvalue weighted by Gasteiger charge is 2.32. The number of aryl methyl sites for hydroxylation is 3. The van der Waals surface area contributed by atoms with E-state index in [0.29, 0.717) is 12.4 Å². The van der Waals surface area contributed by atoms with Crippen LogP contribution in [0.15, 0.2) is 24.3 Å². The minimum Gasteiger partial charge on any atom is -0.497 e. The van der Waals surface area contributed by atoms with Crippen molar-refractivity contribution in [3.05, 3.63) is 41.1 Å². The largest absolute Gasteiger partial charge is 0.497 e. The summed E-state index contributed by atoms with van der Waals surface area (Å²) in [5.74, 6) is 1.81. The van der Waals surface area contributed by atoms with E-state index in [-0.39, 0.29) is 18.6 Å². The van der Waals surface area contributed by atoms with Crippen LogP contribution in [0.3, 0.4) is 0 Å². The molecule has 3 aromatic rings. The van der Waals surface area contributed by atoms with Gasteiger partial charge < -0.3 is 19.1 Å². The average Bonchev–Trinajstić information content (AvgIpc) is 3.36. The first-order valence-electron chi connectivity index (χ1n) is 10.4. The minimum absolute atomic E-state index is 0.0523. The maximum atomic E-state index is 13.1. The number of carbonyl (C=O) groups is 1. The fourth-order valence-corrected chi connectivity index (χ4v) is 4.35. The van der Waals surface area contributed by atoms with E-state index < -0.39 is 0 Å². The van der Waals surface area contributed by atoms with Gasteiger partial charge in [0.15, 0.2) is 12.3 Å². The van der Waals surface area contributed by atoms with E-state index in [2.05, 4.69) is 10.1 Å². The van der Waals surface area contributed by atoms with Crippen molar-refractivity contribution in [1.82, 2.24) is 19.7 Å². The molecule has 8 heteroatoms. The van der Waals surface area contributed by atoms with Gasteiger partial charge in [0, 0.05) is 30.9 Å². The van der Waals surface area contributed by atoms with Crippen LogP contribution >= 0.6 is 0 Å². The van der Waals surface area contributed by atoms with Gasteiger partial charge in [0.2, 0.25) is 5.88 Å². The van der Waals surface area contributed by atoms with Crippen LogP contribution in [-0.4, -0.2) is 52.9 Å². The molecule has 4 rings (SSSR count). The van der Waals surface area contributed by atoms with E-state index >= 15 is 0 Å². The molecular formula is C23H28N4O4. The third kappa shape index (κ3) is 3.89. The molecule has 0 saturated carbocycles. The molecule has 0 N–H and O–H groups in total. The lowest BCUT2D eigenvalue weighted by molar-refractivity contribution is -0.134. The topological polar surface area (TPSA) is 78.7 Å². The van der Waals surface area contributed by atoms with Gasteiger partial charge in [0.05, 0.1) is 25.6 Å². The summed E-state index contributed by atoms with van der Waals surface area (Å²) in [5.41, 5.74) is 3.68. The highest BCUT2D eigenvalue weighted by molar-refractivity contribution is 5.86. The standard InChI is InChI=1S/C23H28N4O4/c1-14-11-15(2)24-22-21(14)23(25-26(22)3)31-13-20(28)27-10-6-7-18(27)17-9-8-16(29-4)12-19(17)30-5/h8-9,11-12,18H,6-7,10,13H2,1-5H3. The van der Waals surface area contributed by atoms with Crippen LogP contribution < -0.4 is 14.2 Å². The minimum atomic E-state index is -0.0750. The quantitative estimate of drug-likeness (QED) is 0.604. The van der Waals surface area contributed by atoms with Crippen molar-refractivity contribution >= 4 is 16.9 Å². The molecule has 1 saturated heterocycles. The number of methoxy groups -OCH3 is 2. The summed E-state index contributed by atoms with van der Waals surface area (Å²) in [4.78, 5) is 19.5. The molecule has 1 amide bonds. The molecule has 3 heterocycles. The van der Waals surface area contributed by atoms with E-state index in [1.165, 1.54) is 0 Å². The Morgan fingerprint density at radius 1 is 1.19 bits per heavy atom. The van der Waals surface area contributed by atoms with E-state index in [1.54, 1.807) is 18.9 Å². The molecule has 1 fully saturated rings. The number of amides is 1. The number of hydrogen-bond acceptors (Lipinski definition) is 6. The number of nitrogens with zero attached hydrogens (tertiary/aromatic N) is 4. The van der Waals surface area contributed by atoms with Crippen molar-refractivity contribution in [1.29, 1.82) is 0 Å². The summed E-state index contributed by atoms with van der Waals surface area (Å²) in [7, 11) is 5.08. The van der Waals surface area contributed by atoms with Crippen molar-refractivity contribution in [2.75, 3.05) is 27.4 Å². The van der Waals surface area contributed by atoms with Gasteiger partial charge >= 0.3 is 0 Å². The molecular weight excluding hydrogens is 396 g/mol. The third-order valence-electron chi connectivity index (χ3n) is 5.79. The Morgan fingerprint density at radius 3 is 2.74 bits per heavy atom. The van der Waals surface area contributed by atoms with Gasteiger partial charge in [-0.2, -0.15) is 0 Å². The number of pyridine rings is 1. The third-order valence-corrected chi connectivity index (χ3v) is 5.79. The first-order valence-corrected chi connectivity index (χ1v) is 10.4. The second kappa shape index (κ2) is 8.45. The van der Waals surface area contributed by atoms with Gasteiger partial charge in [-0.05, 0) is 50.5 Å². The normalized spacial score (nSPS) is 16.0. The van der Waals surface area contributed by atoms with E-state index in [9.17, 15) is 4.79 Å². The number of carbonyl (C=O) groups excluding carboxylic acids is 1. The zero-order chi connectivity index (χ0) is 22.1. The Kier molecular flexibility index (Phi) is 5.71. The fourth-order valence-electron chi connectivity index (χ4n) is 4.35. The van der Waals surface area contributed by atoms with Gasteiger partial charge in [0.1, 0.15) is 11.5 Å². The summed E-state index contributed by atoms with van der Waals surface area (Å²) in [6.07, 6.45) is 1.81. The van der Waals surface area contributed by atoms with Crippen LogP contribution in [-0.2, 0) is 11.8 Å². The second-order valence-electron chi connectivity index (χ2n) is 7.85. The highest BCUT2D eigenvalue weighted by Crippen LogP contribution is 2.38. The van der Waals surface area contributed by atoms with Crippen molar-refractivity contribution in [3.63, 3.8) is 0 Å². The number of benzene rings is 1.